The molecule has 4 N–H and O–H groups in total. The number of likely N-dealkylation sites (N-methyl/N-ethyl adjacent to an activating group) is 4. The highest BCUT2D eigenvalue weighted by molar-refractivity contribution is 5.70. The van der Waals surface area contributed by atoms with Gasteiger partial charge in [-0.25, -0.2) is 4.98 Å². The zero-order chi connectivity index (χ0) is 24.5. The Morgan fingerprint density at radius 3 is 1.18 bits per heavy atom. The van der Waals surface area contributed by atoms with E-state index >= 15 is 0 Å². The highest BCUT2D eigenvalue weighted by Crippen LogP contribution is 2.30. The maximum absolute atomic E-state index is 10.00. The molecule has 0 unspecified atom stereocenters. The van der Waals surface area contributed by atoms with E-state index in [0.717, 1.165) is 78.5 Å². The summed E-state index contributed by atoms with van der Waals surface area (Å²) >= 11 is 0. The number of nitrogens with one attached hydrogen (secondary N) is 4. The Balaban J connectivity index is 3.48. The van der Waals surface area contributed by atoms with E-state index in [-0.39, 0.29) is 0 Å². The van der Waals surface area contributed by atoms with Crippen LogP contribution in [0.1, 0.15) is 44.4 Å². The number of hydrogen-bond acceptors (Lipinski definition) is 9. The van der Waals surface area contributed by atoms with E-state index in [9.17, 15) is 10.5 Å². The maximum Gasteiger partial charge on any atom is 0.149 e. The predicted molar refractivity (Wildman–Crippen MR) is 137 cm³/mol. The van der Waals surface area contributed by atoms with Gasteiger partial charge in [-0.3, -0.25) is 0 Å². The topological polar surface area (TPSA) is 115 Å². The van der Waals surface area contributed by atoms with Crippen LogP contribution in [0.2, 0.25) is 0 Å². The van der Waals surface area contributed by atoms with Crippen LogP contribution in [0.4, 0.5) is 11.6 Å². The van der Waals surface area contributed by atoms with E-state index in [0.29, 0.717) is 28.3 Å². The average Bonchev–Trinajstić information content (AvgIpc) is 2.82. The van der Waals surface area contributed by atoms with Crippen molar-refractivity contribution < 1.29 is 0 Å². The van der Waals surface area contributed by atoms with E-state index < -0.39 is 0 Å². The van der Waals surface area contributed by atoms with Crippen molar-refractivity contribution in [3.8, 4) is 12.1 Å². The van der Waals surface area contributed by atoms with Crippen molar-refractivity contribution in [1.82, 2.24) is 26.3 Å². The van der Waals surface area contributed by atoms with Gasteiger partial charge in [0, 0.05) is 52.4 Å². The second kappa shape index (κ2) is 17.1. The number of aromatic nitrogens is 1. The molecule has 0 aromatic carbocycles. The van der Waals surface area contributed by atoms with Gasteiger partial charge in [0.2, 0.25) is 0 Å². The number of pyridine rings is 1. The molecule has 0 spiro atoms. The minimum atomic E-state index is 0.488. The van der Waals surface area contributed by atoms with Crippen molar-refractivity contribution in [2.24, 2.45) is 0 Å². The van der Waals surface area contributed by atoms with Crippen LogP contribution >= 0.6 is 0 Å². The molecule has 1 aromatic heterocycles. The van der Waals surface area contributed by atoms with Crippen molar-refractivity contribution >= 4 is 11.6 Å². The first kappa shape index (κ1) is 28.6. The molecule has 0 aliphatic rings. The van der Waals surface area contributed by atoms with Crippen LogP contribution in [-0.4, -0.2) is 83.5 Å². The SMILES string of the molecule is CCNCCN(CCNCC)c1nc(N(CCNCC)CCNCC)c(C#N)c(C)c1C#N. The fourth-order valence-corrected chi connectivity index (χ4v) is 3.61. The minimum Gasteiger partial charge on any atom is -0.353 e. The van der Waals surface area contributed by atoms with E-state index in [1.807, 2.05) is 6.92 Å². The van der Waals surface area contributed by atoms with Crippen LogP contribution in [0.5, 0.6) is 0 Å². The molecule has 0 radical (unpaired) electrons. The van der Waals surface area contributed by atoms with Gasteiger partial charge in [-0.15, -0.1) is 0 Å². The summed E-state index contributed by atoms with van der Waals surface area (Å²) in [5, 5.41) is 33.5. The molecule has 1 aromatic rings. The van der Waals surface area contributed by atoms with Crippen LogP contribution in [0, 0.1) is 29.6 Å². The highest BCUT2D eigenvalue weighted by atomic mass is 15.3. The smallest absolute Gasteiger partial charge is 0.149 e. The molecular formula is C24H43N9. The highest BCUT2D eigenvalue weighted by Gasteiger charge is 2.24. The molecule has 0 aliphatic heterocycles. The van der Waals surface area contributed by atoms with Crippen molar-refractivity contribution in [3.63, 3.8) is 0 Å². The van der Waals surface area contributed by atoms with E-state index in [4.69, 9.17) is 4.98 Å². The summed E-state index contributed by atoms with van der Waals surface area (Å²) < 4.78 is 0. The number of nitrogens with zero attached hydrogens (tertiary/aromatic N) is 5. The van der Waals surface area contributed by atoms with Gasteiger partial charge in [0.15, 0.2) is 0 Å². The maximum atomic E-state index is 10.00. The molecule has 184 valence electrons. The molecular weight excluding hydrogens is 414 g/mol. The summed E-state index contributed by atoms with van der Waals surface area (Å²) in [6, 6.07) is 4.66. The fourth-order valence-electron chi connectivity index (χ4n) is 3.61. The lowest BCUT2D eigenvalue weighted by Gasteiger charge is -2.30. The molecule has 0 aliphatic carbocycles. The van der Waals surface area contributed by atoms with Gasteiger partial charge in [-0.05, 0) is 38.7 Å². The molecule has 0 saturated heterocycles. The molecule has 9 nitrogen and oxygen atoms in total. The Morgan fingerprint density at radius 2 is 0.939 bits per heavy atom. The Morgan fingerprint density at radius 1 is 0.636 bits per heavy atom. The molecule has 33 heavy (non-hydrogen) atoms. The van der Waals surface area contributed by atoms with Crippen molar-refractivity contribution in [1.29, 1.82) is 10.5 Å². The zero-order valence-electron chi connectivity index (χ0n) is 21.2. The van der Waals surface area contributed by atoms with Gasteiger partial charge < -0.3 is 31.1 Å². The van der Waals surface area contributed by atoms with Gasteiger partial charge in [0.25, 0.3) is 0 Å². The van der Waals surface area contributed by atoms with Crippen LogP contribution in [0.25, 0.3) is 0 Å². The lowest BCUT2D eigenvalue weighted by Crippen LogP contribution is -2.40. The molecule has 1 heterocycles. The molecule has 0 atom stereocenters. The van der Waals surface area contributed by atoms with Crippen molar-refractivity contribution in [3.05, 3.63) is 16.7 Å². The molecule has 0 bridgehead atoms. The Bertz CT molecular complexity index is 686. The Labute approximate surface area is 200 Å². The van der Waals surface area contributed by atoms with Gasteiger partial charge in [-0.2, -0.15) is 10.5 Å². The van der Waals surface area contributed by atoms with Crippen LogP contribution in [0.3, 0.4) is 0 Å². The van der Waals surface area contributed by atoms with Gasteiger partial charge in [-0.1, -0.05) is 27.7 Å². The number of nitriles is 2. The first-order valence-electron chi connectivity index (χ1n) is 12.3. The van der Waals surface area contributed by atoms with E-state index in [1.54, 1.807) is 0 Å². The number of anilines is 2. The molecule has 0 fully saturated rings. The standard InChI is InChI=1S/C24H43N9/c1-6-27-10-14-32(15-11-28-7-2)23-21(18-25)20(5)22(19-26)24(31-23)33(16-12-29-8-3)17-13-30-9-4/h27-30H,6-17H2,1-5H3. The zero-order valence-corrected chi connectivity index (χ0v) is 21.2. The lowest BCUT2D eigenvalue weighted by molar-refractivity contribution is 0.632. The van der Waals surface area contributed by atoms with Crippen LogP contribution in [-0.2, 0) is 0 Å². The third-order valence-electron chi connectivity index (χ3n) is 5.47. The Kier molecular flexibility index (Phi) is 14.8. The number of rotatable bonds is 18. The normalized spacial score (nSPS) is 10.6. The van der Waals surface area contributed by atoms with Crippen molar-refractivity contribution in [2.45, 2.75) is 34.6 Å². The quantitative estimate of drug-likeness (QED) is 0.241. The van der Waals surface area contributed by atoms with E-state index in [2.05, 4.69) is 70.9 Å². The largest absolute Gasteiger partial charge is 0.353 e. The summed E-state index contributed by atoms with van der Waals surface area (Å²) in [6.45, 7) is 19.9. The molecule has 9 heteroatoms. The molecule has 0 amide bonds. The van der Waals surface area contributed by atoms with Gasteiger partial charge in [0.05, 0.1) is 11.1 Å². The second-order valence-corrected chi connectivity index (χ2v) is 7.75. The first-order valence-corrected chi connectivity index (χ1v) is 12.3. The van der Waals surface area contributed by atoms with Gasteiger partial charge in [0.1, 0.15) is 23.8 Å². The van der Waals surface area contributed by atoms with Gasteiger partial charge >= 0.3 is 0 Å². The second-order valence-electron chi connectivity index (χ2n) is 7.75. The molecule has 1 rings (SSSR count). The summed E-state index contributed by atoms with van der Waals surface area (Å²) in [6.07, 6.45) is 0. The minimum absolute atomic E-state index is 0.488. The third-order valence-corrected chi connectivity index (χ3v) is 5.47. The third kappa shape index (κ3) is 9.15. The van der Waals surface area contributed by atoms with Crippen LogP contribution < -0.4 is 31.1 Å². The summed E-state index contributed by atoms with van der Waals surface area (Å²) in [5.41, 5.74) is 1.68. The Hall–Kier alpha value is -2.43. The first-order chi connectivity index (χ1) is 16.1. The molecule has 0 saturated carbocycles. The fraction of sp³-hybridized carbons (Fsp3) is 0.708. The lowest BCUT2D eigenvalue weighted by atomic mass is 10.0. The summed E-state index contributed by atoms with van der Waals surface area (Å²) in [4.78, 5) is 9.31. The summed E-state index contributed by atoms with van der Waals surface area (Å²) in [5.74, 6) is 1.33. The van der Waals surface area contributed by atoms with Crippen LogP contribution in [0.15, 0.2) is 0 Å². The number of hydrogen-bond donors (Lipinski definition) is 4. The summed E-state index contributed by atoms with van der Waals surface area (Å²) in [7, 11) is 0. The average molecular weight is 458 g/mol. The monoisotopic (exact) mass is 457 g/mol. The predicted octanol–water partition coefficient (Wildman–Crippen LogP) is 1.18. The van der Waals surface area contributed by atoms with Crippen molar-refractivity contribution in [2.75, 3.05) is 88.3 Å². The van der Waals surface area contributed by atoms with E-state index in [1.165, 1.54) is 0 Å².